The molecule has 2 aromatic carbocycles. The molecule has 1 aromatic heterocycles. The summed E-state index contributed by atoms with van der Waals surface area (Å²) in [6, 6.07) is 17.9. The van der Waals surface area contributed by atoms with Gasteiger partial charge in [0.25, 0.3) is 0 Å². The fourth-order valence-electron chi connectivity index (χ4n) is 3.83. The molecule has 1 N–H and O–H groups in total. The van der Waals surface area contributed by atoms with Crippen molar-refractivity contribution in [2.24, 2.45) is 0 Å². The molecule has 7 heteroatoms. The van der Waals surface area contributed by atoms with Gasteiger partial charge in [-0.1, -0.05) is 18.2 Å². The number of carbonyl (C=O) groups excluding carboxylic acids is 1. The highest BCUT2D eigenvalue weighted by Gasteiger charge is 2.31. The lowest BCUT2D eigenvalue weighted by Crippen LogP contribution is -2.51. The summed E-state index contributed by atoms with van der Waals surface area (Å²) in [5.41, 5.74) is 3.71. The average Bonchev–Trinajstić information content (AvgIpc) is 3.32. The van der Waals surface area contributed by atoms with Gasteiger partial charge in [-0.05, 0) is 48.6 Å². The number of nitrogens with zero attached hydrogens (tertiary/aromatic N) is 4. The van der Waals surface area contributed by atoms with Crippen molar-refractivity contribution in [2.45, 2.75) is 17.4 Å². The van der Waals surface area contributed by atoms with Gasteiger partial charge in [-0.25, -0.2) is 4.98 Å². The minimum absolute atomic E-state index is 0.0177. The Labute approximate surface area is 180 Å². The summed E-state index contributed by atoms with van der Waals surface area (Å²) in [5, 5.41) is 9.03. The summed E-state index contributed by atoms with van der Waals surface area (Å²) in [4.78, 5) is 25.7. The molecule has 0 aliphatic carbocycles. The van der Waals surface area contributed by atoms with Gasteiger partial charge in [0.1, 0.15) is 0 Å². The summed E-state index contributed by atoms with van der Waals surface area (Å²) in [6.45, 7) is 1.77. The van der Waals surface area contributed by atoms with Crippen LogP contribution in [0, 0.1) is 11.3 Å². The Balaban J connectivity index is 1.52. The highest BCUT2D eigenvalue weighted by molar-refractivity contribution is 7.98. The van der Waals surface area contributed by atoms with Gasteiger partial charge in [-0.15, -0.1) is 11.8 Å². The molecule has 1 fully saturated rings. The van der Waals surface area contributed by atoms with Crippen molar-refractivity contribution in [3.8, 4) is 6.07 Å². The SMILES string of the molecule is CSc1cccc(N2CCN(C(Cc3ccc(C#N)cc3)c3cnc[nH]3)CC2=O)c1. The van der Waals surface area contributed by atoms with Crippen molar-refractivity contribution in [3.63, 3.8) is 0 Å². The van der Waals surface area contributed by atoms with Crippen LogP contribution in [-0.2, 0) is 11.2 Å². The predicted octanol–water partition coefficient (Wildman–Crippen LogP) is 3.64. The third-order valence-corrected chi connectivity index (χ3v) is 6.17. The molecule has 0 spiro atoms. The number of rotatable bonds is 6. The quantitative estimate of drug-likeness (QED) is 0.620. The number of anilines is 1. The minimum Gasteiger partial charge on any atom is -0.347 e. The van der Waals surface area contributed by atoms with Crippen LogP contribution in [0.5, 0.6) is 0 Å². The molecular weight excluding hydrogens is 394 g/mol. The van der Waals surface area contributed by atoms with E-state index in [2.05, 4.69) is 33.1 Å². The van der Waals surface area contributed by atoms with Gasteiger partial charge >= 0.3 is 0 Å². The van der Waals surface area contributed by atoms with Crippen LogP contribution < -0.4 is 4.90 Å². The largest absolute Gasteiger partial charge is 0.347 e. The summed E-state index contributed by atoms with van der Waals surface area (Å²) in [6.07, 6.45) is 6.28. The second-order valence-electron chi connectivity index (χ2n) is 7.25. The van der Waals surface area contributed by atoms with E-state index in [1.807, 2.05) is 53.8 Å². The number of piperazine rings is 1. The van der Waals surface area contributed by atoms with Gasteiger partial charge in [0.2, 0.25) is 5.91 Å². The van der Waals surface area contributed by atoms with Crippen LogP contribution in [0.3, 0.4) is 0 Å². The molecule has 0 radical (unpaired) electrons. The number of imidazole rings is 1. The fourth-order valence-corrected chi connectivity index (χ4v) is 4.29. The summed E-state index contributed by atoms with van der Waals surface area (Å²) < 4.78 is 0. The maximum atomic E-state index is 13.0. The fraction of sp³-hybridized carbons (Fsp3) is 0.261. The summed E-state index contributed by atoms with van der Waals surface area (Å²) >= 11 is 1.68. The summed E-state index contributed by atoms with van der Waals surface area (Å²) in [5.74, 6) is 0.101. The van der Waals surface area contributed by atoms with E-state index in [4.69, 9.17) is 5.26 Å². The molecule has 6 nitrogen and oxygen atoms in total. The number of hydrogen-bond donors (Lipinski definition) is 1. The van der Waals surface area contributed by atoms with E-state index in [0.717, 1.165) is 34.8 Å². The van der Waals surface area contributed by atoms with Crippen LogP contribution in [0.15, 0.2) is 66.0 Å². The van der Waals surface area contributed by atoms with Crippen LogP contribution >= 0.6 is 11.8 Å². The molecule has 1 aliphatic rings. The number of hydrogen-bond acceptors (Lipinski definition) is 5. The monoisotopic (exact) mass is 417 g/mol. The van der Waals surface area contributed by atoms with Gasteiger partial charge in [0.15, 0.2) is 0 Å². The average molecular weight is 418 g/mol. The molecule has 1 aliphatic heterocycles. The van der Waals surface area contributed by atoms with Crippen LogP contribution in [0.1, 0.15) is 22.9 Å². The van der Waals surface area contributed by atoms with Gasteiger partial charge < -0.3 is 9.88 Å². The first kappa shape index (κ1) is 20.2. The zero-order valence-electron chi connectivity index (χ0n) is 16.8. The number of aromatic nitrogens is 2. The first-order valence-electron chi connectivity index (χ1n) is 9.83. The van der Waals surface area contributed by atoms with Crippen molar-refractivity contribution in [3.05, 3.63) is 77.9 Å². The van der Waals surface area contributed by atoms with E-state index in [0.29, 0.717) is 18.7 Å². The third kappa shape index (κ3) is 4.40. The molecular formula is C23H23N5OS. The van der Waals surface area contributed by atoms with Crippen molar-refractivity contribution in [1.29, 1.82) is 5.26 Å². The number of benzene rings is 2. The van der Waals surface area contributed by atoms with Crippen LogP contribution in [-0.4, -0.2) is 46.7 Å². The zero-order valence-corrected chi connectivity index (χ0v) is 17.6. The van der Waals surface area contributed by atoms with Crippen LogP contribution in [0.25, 0.3) is 0 Å². The highest BCUT2D eigenvalue weighted by atomic mass is 32.2. The van der Waals surface area contributed by atoms with Gasteiger partial charge in [0.05, 0.1) is 36.2 Å². The Morgan fingerprint density at radius 3 is 2.73 bits per heavy atom. The van der Waals surface area contributed by atoms with Gasteiger partial charge in [-0.3, -0.25) is 9.69 Å². The van der Waals surface area contributed by atoms with Crippen molar-refractivity contribution in [1.82, 2.24) is 14.9 Å². The maximum Gasteiger partial charge on any atom is 0.241 e. The molecule has 3 aromatic rings. The highest BCUT2D eigenvalue weighted by Crippen LogP contribution is 2.28. The Morgan fingerprint density at radius 1 is 1.23 bits per heavy atom. The normalized spacial score (nSPS) is 15.7. The molecule has 30 heavy (non-hydrogen) atoms. The molecule has 0 saturated carbocycles. The molecule has 4 rings (SSSR count). The van der Waals surface area contributed by atoms with E-state index < -0.39 is 0 Å². The Hall–Kier alpha value is -3.08. The van der Waals surface area contributed by atoms with Crippen molar-refractivity contribution in [2.75, 3.05) is 30.8 Å². The topological polar surface area (TPSA) is 76.0 Å². The number of amides is 1. The number of nitriles is 1. The molecule has 0 bridgehead atoms. The standard InChI is InChI=1S/C23H23N5OS/c1-30-20-4-2-3-19(12-20)28-10-9-27(15-23(28)29)22(21-14-25-16-26-21)11-17-5-7-18(13-24)8-6-17/h2-8,12,14,16,22H,9-11,15H2,1H3,(H,25,26). The molecule has 152 valence electrons. The van der Waals surface area contributed by atoms with Crippen LogP contribution in [0.4, 0.5) is 5.69 Å². The van der Waals surface area contributed by atoms with E-state index in [9.17, 15) is 4.79 Å². The first-order valence-corrected chi connectivity index (χ1v) is 11.1. The molecule has 1 amide bonds. The van der Waals surface area contributed by atoms with E-state index in [1.165, 1.54) is 0 Å². The minimum atomic E-state index is 0.0177. The summed E-state index contributed by atoms with van der Waals surface area (Å²) in [7, 11) is 0. The molecule has 1 atom stereocenters. The predicted molar refractivity (Wildman–Crippen MR) is 118 cm³/mol. The zero-order chi connectivity index (χ0) is 20.9. The number of thioether (sulfide) groups is 1. The Bertz CT molecular complexity index is 1040. The first-order chi connectivity index (χ1) is 14.7. The van der Waals surface area contributed by atoms with Crippen molar-refractivity contribution >= 4 is 23.4 Å². The lowest BCUT2D eigenvalue weighted by Gasteiger charge is -2.38. The number of aromatic amines is 1. The number of carbonyl (C=O) groups is 1. The number of nitrogens with one attached hydrogen (secondary N) is 1. The molecule has 1 unspecified atom stereocenters. The molecule has 2 heterocycles. The Kier molecular flexibility index (Phi) is 6.17. The maximum absolute atomic E-state index is 13.0. The molecule has 1 saturated heterocycles. The van der Waals surface area contributed by atoms with E-state index >= 15 is 0 Å². The van der Waals surface area contributed by atoms with Gasteiger partial charge in [-0.2, -0.15) is 5.26 Å². The lowest BCUT2D eigenvalue weighted by molar-refractivity contribution is -0.122. The second kappa shape index (κ2) is 9.16. The lowest BCUT2D eigenvalue weighted by atomic mass is 10.00. The smallest absolute Gasteiger partial charge is 0.241 e. The third-order valence-electron chi connectivity index (χ3n) is 5.45. The van der Waals surface area contributed by atoms with Crippen molar-refractivity contribution < 1.29 is 4.79 Å². The van der Waals surface area contributed by atoms with Crippen LogP contribution in [0.2, 0.25) is 0 Å². The van der Waals surface area contributed by atoms with E-state index in [1.54, 1.807) is 18.1 Å². The second-order valence-corrected chi connectivity index (χ2v) is 8.13. The van der Waals surface area contributed by atoms with E-state index in [-0.39, 0.29) is 11.9 Å². The number of H-pyrrole nitrogens is 1. The van der Waals surface area contributed by atoms with Gasteiger partial charge in [0, 0.05) is 29.9 Å². The Morgan fingerprint density at radius 2 is 2.07 bits per heavy atom.